The minimum atomic E-state index is 0.0272. The number of nitrogens with one attached hydrogen (secondary N) is 1. The Morgan fingerprint density at radius 3 is 3.14 bits per heavy atom. The van der Waals surface area contributed by atoms with Crippen LogP contribution in [0.15, 0.2) is 21.9 Å². The number of rotatable bonds is 4. The van der Waals surface area contributed by atoms with Gasteiger partial charge < -0.3 is 14.6 Å². The van der Waals surface area contributed by atoms with Gasteiger partial charge in [0, 0.05) is 18.5 Å². The van der Waals surface area contributed by atoms with E-state index in [0.717, 1.165) is 42.6 Å². The van der Waals surface area contributed by atoms with E-state index >= 15 is 0 Å². The predicted molar refractivity (Wildman–Crippen MR) is 82.5 cm³/mol. The number of hydrogen-bond donors (Lipinski definition) is 1. The van der Waals surface area contributed by atoms with Gasteiger partial charge in [-0.1, -0.05) is 0 Å². The average molecular weight is 305 g/mol. The number of thiazole rings is 1. The molecule has 1 saturated heterocycles. The summed E-state index contributed by atoms with van der Waals surface area (Å²) in [6, 6.07) is 3.79. The first-order valence-corrected chi connectivity index (χ1v) is 8.01. The molecule has 1 unspecified atom stereocenters. The van der Waals surface area contributed by atoms with Gasteiger partial charge in [0.25, 0.3) is 5.91 Å². The molecule has 1 aliphatic rings. The third-order valence-electron chi connectivity index (χ3n) is 3.74. The van der Waals surface area contributed by atoms with E-state index in [9.17, 15) is 4.79 Å². The van der Waals surface area contributed by atoms with Crippen molar-refractivity contribution in [1.29, 1.82) is 0 Å². The van der Waals surface area contributed by atoms with Crippen LogP contribution in [-0.2, 0) is 0 Å². The minimum absolute atomic E-state index is 0.0272. The Balaban J connectivity index is 1.70. The first kappa shape index (κ1) is 14.3. The van der Waals surface area contributed by atoms with Crippen LogP contribution in [0, 0.1) is 12.8 Å². The van der Waals surface area contributed by atoms with Crippen molar-refractivity contribution in [2.75, 3.05) is 26.7 Å². The normalized spacial score (nSPS) is 18.4. The first-order valence-electron chi connectivity index (χ1n) is 7.13. The summed E-state index contributed by atoms with van der Waals surface area (Å²) < 4.78 is 5.55. The van der Waals surface area contributed by atoms with Crippen LogP contribution >= 0.6 is 11.3 Å². The fourth-order valence-electron chi connectivity index (χ4n) is 2.67. The number of amides is 1. The molecule has 1 amide bonds. The van der Waals surface area contributed by atoms with Crippen LogP contribution in [0.1, 0.15) is 22.7 Å². The summed E-state index contributed by atoms with van der Waals surface area (Å²) in [5, 5.41) is 5.75. The van der Waals surface area contributed by atoms with Crippen LogP contribution in [0.5, 0.6) is 0 Å². The van der Waals surface area contributed by atoms with E-state index in [1.54, 1.807) is 0 Å². The quantitative estimate of drug-likeness (QED) is 0.942. The molecule has 0 saturated carbocycles. The van der Waals surface area contributed by atoms with E-state index in [-0.39, 0.29) is 5.91 Å². The standard InChI is InChI=1S/C15H19N3O2S/c1-10-3-4-13(20-10)14-17-12(9-21-14)15(19)18-6-5-11(8-18)7-16-2/h3-4,9,11,16H,5-8H2,1-2H3. The van der Waals surface area contributed by atoms with Crippen molar-refractivity contribution in [2.45, 2.75) is 13.3 Å². The second kappa shape index (κ2) is 5.99. The molecular formula is C15H19N3O2S. The van der Waals surface area contributed by atoms with E-state index < -0.39 is 0 Å². The second-order valence-electron chi connectivity index (χ2n) is 5.41. The van der Waals surface area contributed by atoms with Gasteiger partial charge in [-0.15, -0.1) is 11.3 Å². The molecule has 5 nitrogen and oxygen atoms in total. The van der Waals surface area contributed by atoms with Crippen molar-refractivity contribution in [3.8, 4) is 10.8 Å². The Bertz CT molecular complexity index is 634. The van der Waals surface area contributed by atoms with Crippen molar-refractivity contribution in [1.82, 2.24) is 15.2 Å². The lowest BCUT2D eigenvalue weighted by molar-refractivity contribution is 0.0782. The largest absolute Gasteiger partial charge is 0.459 e. The molecule has 6 heteroatoms. The average Bonchev–Trinajstić information content (AvgIpc) is 3.17. The molecule has 1 N–H and O–H groups in total. The molecule has 0 bridgehead atoms. The van der Waals surface area contributed by atoms with Crippen LogP contribution in [0.25, 0.3) is 10.8 Å². The third-order valence-corrected chi connectivity index (χ3v) is 4.60. The van der Waals surface area contributed by atoms with Crippen LogP contribution in [0.4, 0.5) is 0 Å². The second-order valence-corrected chi connectivity index (χ2v) is 6.27. The van der Waals surface area contributed by atoms with Crippen LogP contribution in [-0.4, -0.2) is 42.5 Å². The smallest absolute Gasteiger partial charge is 0.273 e. The topological polar surface area (TPSA) is 58.4 Å². The van der Waals surface area contributed by atoms with E-state index in [1.165, 1.54) is 11.3 Å². The molecular weight excluding hydrogens is 286 g/mol. The van der Waals surface area contributed by atoms with Crippen molar-refractivity contribution in [3.63, 3.8) is 0 Å². The molecule has 21 heavy (non-hydrogen) atoms. The minimum Gasteiger partial charge on any atom is -0.459 e. The summed E-state index contributed by atoms with van der Waals surface area (Å²) in [5.41, 5.74) is 0.522. The van der Waals surface area contributed by atoms with E-state index in [2.05, 4.69) is 10.3 Å². The Labute approximate surface area is 128 Å². The van der Waals surface area contributed by atoms with Gasteiger partial charge in [0.2, 0.25) is 0 Å². The van der Waals surface area contributed by atoms with Gasteiger partial charge in [0.1, 0.15) is 11.5 Å². The van der Waals surface area contributed by atoms with Crippen molar-refractivity contribution >= 4 is 17.2 Å². The van der Waals surface area contributed by atoms with Gasteiger partial charge in [-0.05, 0) is 45.0 Å². The number of aryl methyl sites for hydroxylation is 1. The molecule has 0 aliphatic carbocycles. The molecule has 0 spiro atoms. The Morgan fingerprint density at radius 2 is 2.43 bits per heavy atom. The maximum atomic E-state index is 12.5. The molecule has 0 aromatic carbocycles. The Hall–Kier alpha value is -1.66. The molecule has 2 aromatic rings. The summed E-state index contributed by atoms with van der Waals surface area (Å²) in [6.07, 6.45) is 1.06. The number of hydrogen-bond acceptors (Lipinski definition) is 5. The monoisotopic (exact) mass is 305 g/mol. The molecule has 0 radical (unpaired) electrons. The number of aromatic nitrogens is 1. The lowest BCUT2D eigenvalue weighted by atomic mass is 10.1. The van der Waals surface area contributed by atoms with Crippen molar-refractivity contribution < 1.29 is 9.21 Å². The molecule has 1 fully saturated rings. The number of carbonyl (C=O) groups is 1. The lowest BCUT2D eigenvalue weighted by Gasteiger charge is -2.14. The third kappa shape index (κ3) is 3.01. The van der Waals surface area contributed by atoms with Gasteiger partial charge in [-0.3, -0.25) is 4.79 Å². The maximum absolute atomic E-state index is 12.5. The van der Waals surface area contributed by atoms with Gasteiger partial charge >= 0.3 is 0 Å². The predicted octanol–water partition coefficient (Wildman–Crippen LogP) is 2.39. The van der Waals surface area contributed by atoms with Gasteiger partial charge in [-0.2, -0.15) is 0 Å². The summed E-state index contributed by atoms with van der Waals surface area (Å²) in [6.45, 7) is 4.48. The highest BCUT2D eigenvalue weighted by molar-refractivity contribution is 7.13. The Morgan fingerprint density at radius 1 is 1.57 bits per heavy atom. The summed E-state index contributed by atoms with van der Waals surface area (Å²) in [4.78, 5) is 18.8. The number of carbonyl (C=O) groups excluding carboxylic acids is 1. The Kier molecular flexibility index (Phi) is 4.07. The molecule has 3 rings (SSSR count). The SMILES string of the molecule is CNCC1CCN(C(=O)c2csc(-c3ccc(C)o3)n2)C1. The van der Waals surface area contributed by atoms with Crippen LogP contribution in [0.3, 0.4) is 0 Å². The van der Waals surface area contributed by atoms with Crippen molar-refractivity contribution in [3.05, 3.63) is 29.0 Å². The maximum Gasteiger partial charge on any atom is 0.273 e. The molecule has 1 aliphatic heterocycles. The number of likely N-dealkylation sites (tertiary alicyclic amines) is 1. The van der Waals surface area contributed by atoms with E-state index in [0.29, 0.717) is 11.6 Å². The fraction of sp³-hybridized carbons (Fsp3) is 0.467. The van der Waals surface area contributed by atoms with Crippen LogP contribution < -0.4 is 5.32 Å². The summed E-state index contributed by atoms with van der Waals surface area (Å²) in [5.74, 6) is 2.15. The molecule has 2 aromatic heterocycles. The molecule has 1 atom stereocenters. The fourth-order valence-corrected chi connectivity index (χ4v) is 3.42. The molecule has 3 heterocycles. The summed E-state index contributed by atoms with van der Waals surface area (Å²) in [7, 11) is 1.95. The van der Waals surface area contributed by atoms with E-state index in [4.69, 9.17) is 4.42 Å². The zero-order chi connectivity index (χ0) is 14.8. The highest BCUT2D eigenvalue weighted by Crippen LogP contribution is 2.27. The zero-order valence-corrected chi connectivity index (χ0v) is 13.1. The van der Waals surface area contributed by atoms with Crippen molar-refractivity contribution in [2.24, 2.45) is 5.92 Å². The number of nitrogens with zero attached hydrogens (tertiary/aromatic N) is 2. The lowest BCUT2D eigenvalue weighted by Crippen LogP contribution is -2.30. The molecule has 112 valence electrons. The van der Waals surface area contributed by atoms with E-state index in [1.807, 2.05) is 36.4 Å². The van der Waals surface area contributed by atoms with Gasteiger partial charge in [-0.25, -0.2) is 4.98 Å². The highest BCUT2D eigenvalue weighted by Gasteiger charge is 2.28. The summed E-state index contributed by atoms with van der Waals surface area (Å²) >= 11 is 1.45. The zero-order valence-electron chi connectivity index (χ0n) is 12.3. The van der Waals surface area contributed by atoms with Gasteiger partial charge in [0.05, 0.1) is 0 Å². The highest BCUT2D eigenvalue weighted by atomic mass is 32.1. The van der Waals surface area contributed by atoms with Crippen LogP contribution in [0.2, 0.25) is 0 Å². The first-order chi connectivity index (χ1) is 10.2. The number of furan rings is 1. The van der Waals surface area contributed by atoms with Gasteiger partial charge in [0.15, 0.2) is 10.8 Å².